The van der Waals surface area contributed by atoms with Crippen molar-refractivity contribution in [3.63, 3.8) is 0 Å². The number of rotatable bonds is 4. The van der Waals surface area contributed by atoms with E-state index in [1.807, 2.05) is 16.7 Å². The Morgan fingerprint density at radius 2 is 1.24 bits per heavy atom. The van der Waals surface area contributed by atoms with Crippen LogP contribution in [0.1, 0.15) is 154 Å². The molecule has 8 aliphatic carbocycles. The van der Waals surface area contributed by atoms with Crippen molar-refractivity contribution < 1.29 is 51.0 Å². The first-order valence-electron chi connectivity index (χ1n) is 20.2. The van der Waals surface area contributed by atoms with Crippen LogP contribution in [-0.2, 0) is 37.0 Å². The van der Waals surface area contributed by atoms with Gasteiger partial charge < -0.3 is 24.8 Å². The fraction of sp³-hybridized carbons (Fsp3) is 0.625. The molecule has 0 N–H and O–H groups in total. The Morgan fingerprint density at radius 3 is 1.69 bits per heavy atom. The summed E-state index contributed by atoms with van der Waals surface area (Å²) < 4.78 is 0. The van der Waals surface area contributed by atoms with Gasteiger partial charge in [0.05, 0.1) is 0 Å². The maximum absolute atomic E-state index is 2.94. The number of hydrogen-bond acceptors (Lipinski definition) is 0. The molecule has 0 spiro atoms. The van der Waals surface area contributed by atoms with Gasteiger partial charge >= 0.3 is 26.2 Å². The van der Waals surface area contributed by atoms with Gasteiger partial charge in [0, 0.05) is 11.3 Å². The summed E-state index contributed by atoms with van der Waals surface area (Å²) in [6.07, 6.45) is 23.6. The van der Waals surface area contributed by atoms with Crippen molar-refractivity contribution in [2.75, 3.05) is 0 Å². The van der Waals surface area contributed by atoms with Crippen LogP contribution in [0.3, 0.4) is 0 Å². The molecule has 0 heterocycles. The van der Waals surface area contributed by atoms with E-state index in [1.54, 1.807) is 11.1 Å². The predicted molar refractivity (Wildman–Crippen MR) is 203 cm³/mol. The second-order valence-corrected chi connectivity index (χ2v) is 20.6. The van der Waals surface area contributed by atoms with Crippen molar-refractivity contribution in [3.05, 3.63) is 93.6 Å². The number of halogens is 2. The zero-order valence-electron chi connectivity index (χ0n) is 32.8. The molecule has 4 bridgehead atoms. The molecule has 8 aliphatic rings. The van der Waals surface area contributed by atoms with E-state index in [4.69, 9.17) is 0 Å². The SMILES string of the molecule is CC(C)C1(C2c3ccc(C(C)(C)C)cc3-c3cc(C(C)(C)C)ccc32)CC(C2CC=CCC2)C2=C1C=C(C13CC4CC(CC(C4)C1)C3)C2.[Cl-].[Cl-].[Zr+2]. The molecule has 0 saturated heterocycles. The molecule has 2 aromatic rings. The summed E-state index contributed by atoms with van der Waals surface area (Å²) in [5.74, 6) is 5.54. The van der Waals surface area contributed by atoms with Crippen molar-refractivity contribution in [1.29, 1.82) is 0 Å². The average Bonchev–Trinajstić information content (AvgIpc) is 3.70. The third kappa shape index (κ3) is 6.16. The fourth-order valence-corrected chi connectivity index (χ4v) is 13.3. The van der Waals surface area contributed by atoms with Crippen LogP contribution in [0.2, 0.25) is 0 Å². The molecule has 0 aliphatic heterocycles. The molecule has 0 aromatic heterocycles. The van der Waals surface area contributed by atoms with Gasteiger partial charge in [0.25, 0.3) is 0 Å². The quantitative estimate of drug-likeness (QED) is 0.286. The topological polar surface area (TPSA) is 0 Å². The average molecular weight is 801 g/mol. The smallest absolute Gasteiger partial charge is 1.00 e. The molecule has 0 radical (unpaired) electrons. The fourth-order valence-electron chi connectivity index (χ4n) is 13.3. The van der Waals surface area contributed by atoms with Crippen LogP contribution >= 0.6 is 0 Å². The molecule has 4 saturated carbocycles. The summed E-state index contributed by atoms with van der Waals surface area (Å²) in [6.45, 7) is 19.5. The maximum atomic E-state index is 2.94. The Kier molecular flexibility index (Phi) is 10.7. The van der Waals surface area contributed by atoms with Gasteiger partial charge in [-0.1, -0.05) is 121 Å². The van der Waals surface area contributed by atoms with E-state index < -0.39 is 0 Å². The predicted octanol–water partition coefficient (Wildman–Crippen LogP) is 7.26. The van der Waals surface area contributed by atoms with Crippen LogP contribution in [0.15, 0.2) is 71.3 Å². The summed E-state index contributed by atoms with van der Waals surface area (Å²) in [6, 6.07) is 15.4. The Morgan fingerprint density at radius 1 is 0.706 bits per heavy atom. The normalized spacial score (nSPS) is 33.4. The molecule has 51 heavy (non-hydrogen) atoms. The van der Waals surface area contributed by atoms with Crippen LogP contribution in [0, 0.1) is 46.3 Å². The molecular weight excluding hydrogens is 739 g/mol. The molecule has 272 valence electrons. The van der Waals surface area contributed by atoms with Gasteiger partial charge in [0.15, 0.2) is 0 Å². The Labute approximate surface area is 342 Å². The largest absolute Gasteiger partial charge is 2.00 e. The number of benzene rings is 2. The molecule has 3 unspecified atom stereocenters. The number of allylic oxidation sites excluding steroid dienone is 6. The minimum Gasteiger partial charge on any atom is -1.00 e. The summed E-state index contributed by atoms with van der Waals surface area (Å²) in [4.78, 5) is 0. The van der Waals surface area contributed by atoms with Crippen LogP contribution in [0.4, 0.5) is 0 Å². The Balaban J connectivity index is 0.00000149. The van der Waals surface area contributed by atoms with Crippen LogP contribution in [-0.4, -0.2) is 0 Å². The molecule has 3 atom stereocenters. The van der Waals surface area contributed by atoms with Crippen LogP contribution in [0.25, 0.3) is 11.1 Å². The van der Waals surface area contributed by atoms with Crippen molar-refractivity contribution in [2.24, 2.45) is 46.3 Å². The second kappa shape index (κ2) is 13.7. The van der Waals surface area contributed by atoms with Crippen molar-refractivity contribution in [1.82, 2.24) is 0 Å². The molecule has 3 heteroatoms. The zero-order valence-corrected chi connectivity index (χ0v) is 36.7. The van der Waals surface area contributed by atoms with E-state index in [1.165, 1.54) is 92.9 Å². The van der Waals surface area contributed by atoms with Gasteiger partial charge in [-0.3, -0.25) is 0 Å². The third-order valence-corrected chi connectivity index (χ3v) is 15.4. The van der Waals surface area contributed by atoms with Gasteiger partial charge in [-0.15, -0.1) is 0 Å². The summed E-state index contributed by atoms with van der Waals surface area (Å²) in [5.41, 5.74) is 15.8. The van der Waals surface area contributed by atoms with Gasteiger partial charge in [0.1, 0.15) is 0 Å². The van der Waals surface area contributed by atoms with E-state index in [2.05, 4.69) is 110 Å². The Bertz CT molecular complexity index is 1660. The molecule has 2 aromatic carbocycles. The molecule has 10 rings (SSSR count). The van der Waals surface area contributed by atoms with Crippen molar-refractivity contribution in [2.45, 2.75) is 143 Å². The standard InChI is InChI=1S/C48H62.2ClH.Zr/c1-29(2)48(44-37-16-14-34(45(3,4)5)21-39(37)40-22-35(46(6,7)8)15-17-38(40)44)28-42(33-12-10-9-11-13-33)41-23-36(24-43(41)48)47-25-30-18-31(26-47)20-32(19-30)27-47;;;/h9-10,14-17,21-22,24,29-33,42,44H,11-13,18-20,23,25-28H2,1-8H3;2*1H;/q;;;+2/p-2. The number of hydrogen-bond donors (Lipinski definition) is 0. The summed E-state index contributed by atoms with van der Waals surface area (Å²) >= 11 is 0. The van der Waals surface area contributed by atoms with Gasteiger partial charge in [0.2, 0.25) is 0 Å². The molecular formula is C48H62Cl2Zr. The molecule has 0 amide bonds. The second-order valence-electron chi connectivity index (χ2n) is 20.6. The van der Waals surface area contributed by atoms with Crippen LogP contribution < -0.4 is 24.8 Å². The van der Waals surface area contributed by atoms with Crippen LogP contribution in [0.5, 0.6) is 0 Å². The van der Waals surface area contributed by atoms with Crippen molar-refractivity contribution in [3.8, 4) is 11.1 Å². The molecule has 4 fully saturated rings. The van der Waals surface area contributed by atoms with Crippen molar-refractivity contribution >= 4 is 0 Å². The number of fused-ring (bicyclic) bond motifs is 3. The monoisotopic (exact) mass is 798 g/mol. The van der Waals surface area contributed by atoms with E-state index >= 15 is 0 Å². The summed E-state index contributed by atoms with van der Waals surface area (Å²) in [7, 11) is 0. The molecule has 0 nitrogen and oxygen atoms in total. The minimum absolute atomic E-state index is 0. The van der Waals surface area contributed by atoms with Gasteiger partial charge in [-0.05, 0) is 161 Å². The van der Waals surface area contributed by atoms with E-state index in [0.29, 0.717) is 17.3 Å². The maximum Gasteiger partial charge on any atom is 2.00 e. The first-order valence-corrected chi connectivity index (χ1v) is 20.2. The summed E-state index contributed by atoms with van der Waals surface area (Å²) in [5, 5.41) is 0. The first-order chi connectivity index (χ1) is 22.8. The third-order valence-electron chi connectivity index (χ3n) is 15.4. The zero-order chi connectivity index (χ0) is 33.4. The van der Waals surface area contributed by atoms with E-state index in [-0.39, 0.29) is 67.3 Å². The first kappa shape index (κ1) is 39.8. The van der Waals surface area contributed by atoms with E-state index in [9.17, 15) is 0 Å². The minimum atomic E-state index is 0. The Hall–Kier alpha value is -0.877. The van der Waals surface area contributed by atoms with Gasteiger partial charge in [-0.25, -0.2) is 0 Å². The van der Waals surface area contributed by atoms with E-state index in [0.717, 1.165) is 29.6 Å². The van der Waals surface area contributed by atoms with Gasteiger partial charge in [-0.2, -0.15) is 0 Å².